The van der Waals surface area contributed by atoms with Crippen molar-refractivity contribution in [3.63, 3.8) is 0 Å². The van der Waals surface area contributed by atoms with Crippen molar-refractivity contribution in [3.05, 3.63) is 63.3 Å². The molecule has 0 spiro atoms. The molecule has 0 radical (unpaired) electrons. The fourth-order valence-electron chi connectivity index (χ4n) is 2.09. The lowest BCUT2D eigenvalue weighted by molar-refractivity contribution is 0.0699. The molecule has 1 heterocycles. The number of carbonyl (C=O) groups excluding carboxylic acids is 1. The van der Waals surface area contributed by atoms with Crippen LogP contribution in [0.3, 0.4) is 0 Å². The number of aryl methyl sites for hydroxylation is 2. The summed E-state index contributed by atoms with van der Waals surface area (Å²) in [6.45, 7) is 3.74. The Balaban J connectivity index is 2.30. The summed E-state index contributed by atoms with van der Waals surface area (Å²) < 4.78 is 0. The first kappa shape index (κ1) is 15.9. The molecule has 0 bridgehead atoms. The fourth-order valence-corrected chi connectivity index (χ4v) is 2.09. The minimum atomic E-state index is -0.510. The van der Waals surface area contributed by atoms with Crippen LogP contribution in [0.2, 0.25) is 0 Å². The number of rotatable bonds is 5. The number of benzene rings is 1. The summed E-state index contributed by atoms with van der Waals surface area (Å²) in [4.78, 5) is 32.7. The van der Waals surface area contributed by atoms with Crippen LogP contribution in [-0.4, -0.2) is 39.0 Å². The van der Waals surface area contributed by atoms with Gasteiger partial charge in [-0.05, 0) is 19.4 Å². The number of hydrogen-bond donors (Lipinski definition) is 2. The standard InChI is InChI=1S/C16H19N3O3/c1-11-12(2)18-15(21)14(17-11)16(22)19(8-9-20)10-13-6-4-3-5-7-13/h3-7,20H,8-10H2,1-2H3,(H,18,21). The fraction of sp³-hybridized carbons (Fsp3) is 0.312. The average Bonchev–Trinajstić information content (AvgIpc) is 2.51. The molecule has 1 aromatic heterocycles. The van der Waals surface area contributed by atoms with E-state index in [2.05, 4.69) is 9.97 Å². The second-order valence-electron chi connectivity index (χ2n) is 5.06. The Morgan fingerprint density at radius 2 is 1.95 bits per heavy atom. The van der Waals surface area contributed by atoms with Crippen LogP contribution in [0.4, 0.5) is 0 Å². The summed E-state index contributed by atoms with van der Waals surface area (Å²) in [5.41, 5.74) is 1.51. The van der Waals surface area contributed by atoms with Gasteiger partial charge in [-0.25, -0.2) is 4.98 Å². The molecule has 0 unspecified atom stereocenters. The SMILES string of the molecule is Cc1nc(C(=O)N(CCO)Cc2ccccc2)c(=O)[nH]c1C. The molecular formula is C16H19N3O3. The second-order valence-corrected chi connectivity index (χ2v) is 5.06. The van der Waals surface area contributed by atoms with Gasteiger partial charge in [0.15, 0.2) is 5.69 Å². The molecular weight excluding hydrogens is 282 g/mol. The Kier molecular flexibility index (Phi) is 5.06. The Morgan fingerprint density at radius 1 is 1.27 bits per heavy atom. The summed E-state index contributed by atoms with van der Waals surface area (Å²) in [6.07, 6.45) is 0. The van der Waals surface area contributed by atoms with Crippen molar-refractivity contribution in [2.24, 2.45) is 0 Å². The highest BCUT2D eigenvalue weighted by Gasteiger charge is 2.21. The van der Waals surface area contributed by atoms with Gasteiger partial charge >= 0.3 is 0 Å². The minimum absolute atomic E-state index is 0.141. The Morgan fingerprint density at radius 3 is 2.59 bits per heavy atom. The quantitative estimate of drug-likeness (QED) is 0.863. The molecule has 0 aliphatic heterocycles. The molecule has 6 nitrogen and oxygen atoms in total. The van der Waals surface area contributed by atoms with Gasteiger partial charge in [0.05, 0.1) is 12.3 Å². The summed E-state index contributed by atoms with van der Waals surface area (Å²) in [7, 11) is 0. The van der Waals surface area contributed by atoms with E-state index in [0.29, 0.717) is 17.9 Å². The van der Waals surface area contributed by atoms with Gasteiger partial charge in [-0.15, -0.1) is 0 Å². The van der Waals surface area contributed by atoms with Crippen molar-refractivity contribution in [2.45, 2.75) is 20.4 Å². The van der Waals surface area contributed by atoms with E-state index in [9.17, 15) is 14.7 Å². The summed E-state index contributed by atoms with van der Waals surface area (Å²) in [5.74, 6) is -0.484. The first-order valence-electron chi connectivity index (χ1n) is 7.04. The molecule has 0 aliphatic carbocycles. The number of aliphatic hydroxyl groups is 1. The lowest BCUT2D eigenvalue weighted by atomic mass is 10.2. The van der Waals surface area contributed by atoms with E-state index in [0.717, 1.165) is 5.56 Å². The maximum atomic E-state index is 12.6. The molecule has 2 N–H and O–H groups in total. The van der Waals surface area contributed by atoms with Crippen molar-refractivity contribution in [1.29, 1.82) is 0 Å². The molecule has 0 aliphatic rings. The largest absolute Gasteiger partial charge is 0.395 e. The van der Waals surface area contributed by atoms with E-state index >= 15 is 0 Å². The van der Waals surface area contributed by atoms with Gasteiger partial charge in [0.25, 0.3) is 11.5 Å². The third-order valence-electron chi connectivity index (χ3n) is 3.41. The molecule has 0 fully saturated rings. The Bertz CT molecular complexity index is 710. The predicted octanol–water partition coefficient (Wildman–Crippen LogP) is 1.02. The highest BCUT2D eigenvalue weighted by molar-refractivity contribution is 5.92. The monoisotopic (exact) mass is 301 g/mol. The first-order chi connectivity index (χ1) is 10.5. The molecule has 22 heavy (non-hydrogen) atoms. The zero-order valence-electron chi connectivity index (χ0n) is 12.7. The van der Waals surface area contributed by atoms with E-state index in [1.54, 1.807) is 13.8 Å². The number of nitrogens with one attached hydrogen (secondary N) is 1. The number of amides is 1. The van der Waals surface area contributed by atoms with E-state index < -0.39 is 11.5 Å². The predicted molar refractivity (Wildman–Crippen MR) is 82.6 cm³/mol. The zero-order chi connectivity index (χ0) is 16.1. The highest BCUT2D eigenvalue weighted by atomic mass is 16.3. The van der Waals surface area contributed by atoms with Gasteiger partial charge in [-0.1, -0.05) is 30.3 Å². The molecule has 2 aromatic rings. The Hall–Kier alpha value is -2.47. The van der Waals surface area contributed by atoms with Gasteiger partial charge in [0.1, 0.15) is 0 Å². The summed E-state index contributed by atoms with van der Waals surface area (Å²) in [6, 6.07) is 9.40. The van der Waals surface area contributed by atoms with Crippen molar-refractivity contribution < 1.29 is 9.90 Å². The van der Waals surface area contributed by atoms with Crippen LogP contribution in [-0.2, 0) is 6.54 Å². The van der Waals surface area contributed by atoms with Gasteiger partial charge in [0.2, 0.25) is 0 Å². The lowest BCUT2D eigenvalue weighted by Gasteiger charge is -2.21. The van der Waals surface area contributed by atoms with Gasteiger partial charge in [0, 0.05) is 18.8 Å². The number of aliphatic hydroxyl groups excluding tert-OH is 1. The minimum Gasteiger partial charge on any atom is -0.395 e. The van der Waals surface area contributed by atoms with Crippen molar-refractivity contribution >= 4 is 5.91 Å². The van der Waals surface area contributed by atoms with Gasteiger partial charge < -0.3 is 15.0 Å². The topological polar surface area (TPSA) is 86.3 Å². The summed E-state index contributed by atoms with van der Waals surface area (Å²) >= 11 is 0. The van der Waals surface area contributed by atoms with Crippen LogP contribution >= 0.6 is 0 Å². The van der Waals surface area contributed by atoms with Crippen molar-refractivity contribution in [1.82, 2.24) is 14.9 Å². The number of carbonyl (C=O) groups is 1. The van der Waals surface area contributed by atoms with E-state index in [1.165, 1.54) is 4.90 Å². The Labute approximate surface area is 128 Å². The molecule has 116 valence electrons. The highest BCUT2D eigenvalue weighted by Crippen LogP contribution is 2.07. The number of aromatic nitrogens is 2. The smallest absolute Gasteiger partial charge is 0.279 e. The van der Waals surface area contributed by atoms with Gasteiger partial charge in [-0.3, -0.25) is 9.59 Å². The van der Waals surface area contributed by atoms with Crippen LogP contribution < -0.4 is 5.56 Å². The van der Waals surface area contributed by atoms with Crippen molar-refractivity contribution in [3.8, 4) is 0 Å². The number of nitrogens with zero attached hydrogens (tertiary/aromatic N) is 2. The molecule has 6 heteroatoms. The first-order valence-corrected chi connectivity index (χ1v) is 7.04. The van der Waals surface area contributed by atoms with Crippen LogP contribution in [0.5, 0.6) is 0 Å². The number of aromatic amines is 1. The van der Waals surface area contributed by atoms with Gasteiger partial charge in [-0.2, -0.15) is 0 Å². The van der Waals surface area contributed by atoms with Crippen LogP contribution in [0.25, 0.3) is 0 Å². The molecule has 0 saturated carbocycles. The van der Waals surface area contributed by atoms with Crippen LogP contribution in [0.1, 0.15) is 27.4 Å². The van der Waals surface area contributed by atoms with E-state index in [-0.39, 0.29) is 18.8 Å². The maximum Gasteiger partial charge on any atom is 0.279 e. The third kappa shape index (κ3) is 3.59. The van der Waals surface area contributed by atoms with Crippen LogP contribution in [0.15, 0.2) is 35.1 Å². The van der Waals surface area contributed by atoms with E-state index in [4.69, 9.17) is 0 Å². The number of hydrogen-bond acceptors (Lipinski definition) is 4. The number of H-pyrrole nitrogens is 1. The molecule has 1 aromatic carbocycles. The average molecular weight is 301 g/mol. The van der Waals surface area contributed by atoms with Crippen LogP contribution in [0, 0.1) is 13.8 Å². The summed E-state index contributed by atoms with van der Waals surface area (Å²) in [5, 5.41) is 9.18. The van der Waals surface area contributed by atoms with Crippen molar-refractivity contribution in [2.75, 3.05) is 13.2 Å². The normalized spacial score (nSPS) is 10.5. The zero-order valence-corrected chi connectivity index (χ0v) is 12.7. The third-order valence-corrected chi connectivity index (χ3v) is 3.41. The molecule has 0 atom stereocenters. The molecule has 2 rings (SSSR count). The van der Waals surface area contributed by atoms with E-state index in [1.807, 2.05) is 30.3 Å². The molecule has 0 saturated heterocycles. The second kappa shape index (κ2) is 7.00. The lowest BCUT2D eigenvalue weighted by Crippen LogP contribution is -2.37. The maximum absolute atomic E-state index is 12.6. The molecule has 1 amide bonds.